The summed E-state index contributed by atoms with van der Waals surface area (Å²) in [4.78, 5) is 10.8. The molecule has 0 aromatic carbocycles. The normalized spacial score (nSPS) is 10.4. The van der Waals surface area contributed by atoms with Crippen LogP contribution in [0.3, 0.4) is 0 Å². The Morgan fingerprint density at radius 3 is 1.92 bits per heavy atom. The van der Waals surface area contributed by atoms with Crippen LogP contribution in [0.1, 0.15) is 94.3 Å². The molecule has 0 aliphatic rings. The van der Waals surface area contributed by atoms with E-state index in [9.17, 15) is 9.90 Å². The second kappa shape index (κ2) is 15.6. The zero-order valence-corrected chi connectivity index (χ0v) is 16.9. The summed E-state index contributed by atoms with van der Waals surface area (Å²) < 4.78 is 1.95. The Kier molecular flexibility index (Phi) is 15.0. The molecule has 0 amide bonds. The van der Waals surface area contributed by atoms with Crippen LogP contribution in [0.5, 0.6) is 0 Å². The van der Waals surface area contributed by atoms with Gasteiger partial charge in [0.1, 0.15) is 6.54 Å². The van der Waals surface area contributed by atoms with Crippen molar-refractivity contribution >= 4 is 23.0 Å². The van der Waals surface area contributed by atoms with E-state index in [4.69, 9.17) is 0 Å². The number of halogens is 1. The van der Waals surface area contributed by atoms with Gasteiger partial charge in [-0.15, -0.1) is 17.0 Å². The molecule has 0 spiro atoms. The molecule has 0 aliphatic heterocycles. The minimum atomic E-state index is -1.10. The molecule has 0 bridgehead atoms. The first-order valence-corrected chi connectivity index (χ1v) is 9.44. The highest BCUT2D eigenvalue weighted by Gasteiger charge is 2.03. The minimum Gasteiger partial charge on any atom is -0.545 e. The van der Waals surface area contributed by atoms with E-state index in [0.29, 0.717) is 0 Å². The van der Waals surface area contributed by atoms with Gasteiger partial charge in [-0.2, -0.15) is 0 Å². The van der Waals surface area contributed by atoms with Gasteiger partial charge in [0.2, 0.25) is 0 Å². The van der Waals surface area contributed by atoms with Crippen molar-refractivity contribution in [3.05, 3.63) is 30.1 Å². The Hall–Kier alpha value is -0.900. The molecule has 24 heavy (non-hydrogen) atoms. The van der Waals surface area contributed by atoms with Crippen molar-refractivity contribution in [3.8, 4) is 0 Å². The molecular formula is C20H34BrNO2. The number of carbonyl (C=O) groups is 1. The number of aryl methyl sites for hydroxylation is 1. The highest BCUT2D eigenvalue weighted by atomic mass is 79.9. The molecule has 1 rings (SSSR count). The number of hydrogen-bond acceptors (Lipinski definition) is 2. The van der Waals surface area contributed by atoms with Crippen molar-refractivity contribution in [1.29, 1.82) is 0 Å². The number of aromatic carboxylic acids is 1. The molecule has 0 aliphatic carbocycles. The summed E-state index contributed by atoms with van der Waals surface area (Å²) in [5.41, 5.74) is 0.256. The fraction of sp³-hybridized carbons (Fsp3) is 0.700. The zero-order chi connectivity index (χ0) is 16.8. The number of nitrogens with zero attached hydrogens (tertiary/aromatic N) is 1. The van der Waals surface area contributed by atoms with Crippen molar-refractivity contribution in [2.24, 2.45) is 0 Å². The lowest BCUT2D eigenvalue weighted by Gasteiger charge is -2.03. The fourth-order valence-electron chi connectivity index (χ4n) is 2.92. The third-order valence-electron chi connectivity index (χ3n) is 4.36. The summed E-state index contributed by atoms with van der Waals surface area (Å²) in [6.07, 6.45) is 19.6. The van der Waals surface area contributed by atoms with Crippen molar-refractivity contribution in [2.75, 3.05) is 0 Å². The average Bonchev–Trinajstić information content (AvgIpc) is 2.56. The van der Waals surface area contributed by atoms with Crippen molar-refractivity contribution in [1.82, 2.24) is 0 Å². The Morgan fingerprint density at radius 2 is 1.42 bits per heavy atom. The predicted octanol–water partition coefficient (Wildman–Crippen LogP) is 4.62. The van der Waals surface area contributed by atoms with E-state index >= 15 is 0 Å². The van der Waals surface area contributed by atoms with Crippen LogP contribution < -0.4 is 9.67 Å². The lowest BCUT2D eigenvalue weighted by Crippen LogP contribution is -2.35. The number of unbranched alkanes of at least 4 members (excludes halogenated alkanes) is 11. The van der Waals surface area contributed by atoms with E-state index in [0.717, 1.165) is 13.0 Å². The van der Waals surface area contributed by atoms with Crippen LogP contribution >= 0.6 is 17.0 Å². The number of hydrogen-bond donors (Lipinski definition) is 0. The zero-order valence-electron chi connectivity index (χ0n) is 15.2. The number of carboxylic acids is 1. The topological polar surface area (TPSA) is 44.0 Å². The molecule has 138 valence electrons. The minimum absolute atomic E-state index is 0. The van der Waals surface area contributed by atoms with Gasteiger partial charge < -0.3 is 9.90 Å². The molecule has 0 saturated heterocycles. The van der Waals surface area contributed by atoms with Gasteiger partial charge in [0.05, 0.1) is 11.5 Å². The summed E-state index contributed by atoms with van der Waals surface area (Å²) in [5.74, 6) is -1.10. The van der Waals surface area contributed by atoms with Crippen LogP contribution in [0, 0.1) is 0 Å². The number of aromatic nitrogens is 1. The average molecular weight is 400 g/mol. The van der Waals surface area contributed by atoms with Crippen LogP contribution in [0.25, 0.3) is 0 Å². The Bertz CT molecular complexity index is 437. The van der Waals surface area contributed by atoms with Gasteiger partial charge in [0.15, 0.2) is 12.4 Å². The molecule has 0 atom stereocenters. The fourth-order valence-corrected chi connectivity index (χ4v) is 2.92. The number of pyridine rings is 1. The summed E-state index contributed by atoms with van der Waals surface area (Å²) >= 11 is 0. The van der Waals surface area contributed by atoms with Gasteiger partial charge >= 0.3 is 0 Å². The number of carboxylic acid groups (broad SMARTS) is 1. The van der Waals surface area contributed by atoms with E-state index in [1.54, 1.807) is 18.3 Å². The van der Waals surface area contributed by atoms with E-state index in [1.807, 2.05) is 10.8 Å². The molecule has 1 aromatic heterocycles. The van der Waals surface area contributed by atoms with Gasteiger partial charge in [-0.25, -0.2) is 4.57 Å². The molecule has 0 saturated carbocycles. The highest BCUT2D eigenvalue weighted by molar-refractivity contribution is 8.93. The Labute approximate surface area is 158 Å². The van der Waals surface area contributed by atoms with Gasteiger partial charge in [0, 0.05) is 12.5 Å². The predicted molar refractivity (Wildman–Crippen MR) is 102 cm³/mol. The molecule has 3 nitrogen and oxygen atoms in total. The SMILES string of the molecule is Br.CCCCCCCCCCCCCC[n+]1cccc(C(=O)[O-])c1. The molecular weight excluding hydrogens is 366 g/mol. The van der Waals surface area contributed by atoms with E-state index in [1.165, 1.54) is 70.6 Å². The van der Waals surface area contributed by atoms with Crippen molar-refractivity contribution in [2.45, 2.75) is 90.5 Å². The number of carbonyl (C=O) groups excluding carboxylic acids is 1. The highest BCUT2D eigenvalue weighted by Crippen LogP contribution is 2.11. The smallest absolute Gasteiger partial charge is 0.177 e. The van der Waals surface area contributed by atoms with Gasteiger partial charge in [0.25, 0.3) is 0 Å². The first-order valence-electron chi connectivity index (χ1n) is 9.44. The van der Waals surface area contributed by atoms with Crippen LogP contribution in [0.2, 0.25) is 0 Å². The quantitative estimate of drug-likeness (QED) is 0.338. The maximum Gasteiger partial charge on any atom is 0.177 e. The van der Waals surface area contributed by atoms with Crippen LogP contribution in [-0.2, 0) is 6.54 Å². The summed E-state index contributed by atoms with van der Waals surface area (Å²) in [6.45, 7) is 3.15. The third-order valence-corrected chi connectivity index (χ3v) is 4.36. The first kappa shape index (κ1) is 23.1. The van der Waals surface area contributed by atoms with Gasteiger partial charge in [-0.1, -0.05) is 71.1 Å². The van der Waals surface area contributed by atoms with Crippen LogP contribution in [0.15, 0.2) is 24.5 Å². The molecule has 0 unspecified atom stereocenters. The molecule has 4 heteroatoms. The summed E-state index contributed by atoms with van der Waals surface area (Å²) in [6, 6.07) is 3.35. The second-order valence-corrected chi connectivity index (χ2v) is 6.51. The van der Waals surface area contributed by atoms with E-state index in [2.05, 4.69) is 6.92 Å². The molecule has 1 aromatic rings. The van der Waals surface area contributed by atoms with Gasteiger partial charge in [-0.3, -0.25) is 0 Å². The maximum atomic E-state index is 10.8. The largest absolute Gasteiger partial charge is 0.545 e. The molecule has 0 fully saturated rings. The molecule has 0 N–H and O–H groups in total. The Morgan fingerprint density at radius 1 is 0.917 bits per heavy atom. The number of rotatable bonds is 14. The molecule has 0 radical (unpaired) electrons. The second-order valence-electron chi connectivity index (χ2n) is 6.51. The monoisotopic (exact) mass is 399 g/mol. The third kappa shape index (κ3) is 11.6. The van der Waals surface area contributed by atoms with Crippen LogP contribution in [0.4, 0.5) is 0 Å². The summed E-state index contributed by atoms with van der Waals surface area (Å²) in [7, 11) is 0. The standard InChI is InChI=1S/C20H33NO2.BrH/c1-2-3-4-5-6-7-8-9-10-11-12-13-16-21-17-14-15-19(18-21)20(22)23;/h14-15,17-18H,2-13,16H2,1H3;1H. The lowest BCUT2D eigenvalue weighted by molar-refractivity contribution is -0.697. The van der Waals surface area contributed by atoms with Gasteiger partial charge in [-0.05, 0) is 12.5 Å². The van der Waals surface area contributed by atoms with E-state index < -0.39 is 5.97 Å². The van der Waals surface area contributed by atoms with E-state index in [-0.39, 0.29) is 22.5 Å². The van der Waals surface area contributed by atoms with Crippen molar-refractivity contribution in [3.63, 3.8) is 0 Å². The van der Waals surface area contributed by atoms with Crippen LogP contribution in [-0.4, -0.2) is 5.97 Å². The first-order chi connectivity index (χ1) is 11.2. The maximum absolute atomic E-state index is 10.8. The summed E-state index contributed by atoms with van der Waals surface area (Å²) in [5, 5.41) is 10.8. The Balaban J connectivity index is 0.00000529. The lowest BCUT2D eigenvalue weighted by atomic mass is 10.1. The van der Waals surface area contributed by atoms with Crippen molar-refractivity contribution < 1.29 is 14.5 Å². The molecule has 1 heterocycles.